The first-order valence-corrected chi connectivity index (χ1v) is 4.61. The van der Waals surface area contributed by atoms with Crippen molar-refractivity contribution in [1.82, 2.24) is 4.57 Å². The first kappa shape index (κ1) is 10.6. The molecule has 1 heterocycles. The number of benzene rings is 1. The van der Waals surface area contributed by atoms with E-state index in [0.717, 1.165) is 0 Å². The summed E-state index contributed by atoms with van der Waals surface area (Å²) in [6, 6.07) is 5.69. The summed E-state index contributed by atoms with van der Waals surface area (Å²) in [5.41, 5.74) is 0.474. The molecule has 5 heteroatoms. The highest BCUT2D eigenvalue weighted by Gasteiger charge is 2.15. The molecule has 0 aliphatic heterocycles. The number of halogens is 2. The predicted octanol–water partition coefficient (Wildman–Crippen LogP) is 2.81. The van der Waals surface area contributed by atoms with Gasteiger partial charge in [-0.15, -0.1) is 0 Å². The van der Waals surface area contributed by atoms with E-state index >= 15 is 0 Å². The van der Waals surface area contributed by atoms with Gasteiger partial charge in [0.15, 0.2) is 0 Å². The van der Waals surface area contributed by atoms with Crippen molar-refractivity contribution in [1.29, 1.82) is 0 Å². The molecule has 0 aliphatic rings. The number of aryl methyl sites for hydroxylation is 1. The lowest BCUT2D eigenvalue weighted by Crippen LogP contribution is -1.98. The highest BCUT2D eigenvalue weighted by molar-refractivity contribution is 5.93. The van der Waals surface area contributed by atoms with Crippen molar-refractivity contribution in [2.75, 3.05) is 0 Å². The van der Waals surface area contributed by atoms with Crippen LogP contribution in [0.2, 0.25) is 0 Å². The van der Waals surface area contributed by atoms with E-state index in [1.54, 1.807) is 0 Å². The second-order valence-corrected chi connectivity index (χ2v) is 3.51. The van der Waals surface area contributed by atoms with Crippen LogP contribution in [0.15, 0.2) is 24.3 Å². The lowest BCUT2D eigenvalue weighted by Gasteiger charge is -2.02. The maximum absolute atomic E-state index is 12.6. The molecule has 0 atom stereocenters. The highest BCUT2D eigenvalue weighted by Crippen LogP contribution is 2.26. The summed E-state index contributed by atoms with van der Waals surface area (Å²) in [5.74, 6) is -1.07. The topological polar surface area (TPSA) is 42.2 Å². The molecule has 0 bridgehead atoms. The molecule has 0 aliphatic carbocycles. The van der Waals surface area contributed by atoms with Crippen LogP contribution in [-0.4, -0.2) is 15.6 Å². The Kier molecular flexibility index (Phi) is 2.38. The average Bonchev–Trinajstić information content (AvgIpc) is 2.56. The Morgan fingerprint density at radius 2 is 2.06 bits per heavy atom. The number of hydrogen-bond donors (Lipinski definition) is 1. The number of carboxylic acid groups (broad SMARTS) is 1. The van der Waals surface area contributed by atoms with E-state index in [4.69, 9.17) is 5.11 Å². The van der Waals surface area contributed by atoms with Gasteiger partial charge in [-0.25, -0.2) is 13.6 Å². The maximum Gasteiger partial charge on any atom is 0.335 e. The van der Waals surface area contributed by atoms with Crippen LogP contribution in [0, 0.1) is 0 Å². The standard InChI is InChI=1S/C11H9F2NO2/c1-14-8-5-7(11(15)16)3-2-6(8)4-9(14)10(12)13/h2-5,10H,1H3,(H,15,16). The molecule has 1 aromatic carbocycles. The van der Waals surface area contributed by atoms with E-state index < -0.39 is 12.4 Å². The Hall–Kier alpha value is -1.91. The minimum atomic E-state index is -2.56. The second-order valence-electron chi connectivity index (χ2n) is 3.51. The molecule has 0 spiro atoms. The van der Waals surface area contributed by atoms with Gasteiger partial charge in [0, 0.05) is 18.0 Å². The third-order valence-electron chi connectivity index (χ3n) is 2.55. The number of fused-ring (bicyclic) bond motifs is 1. The fraction of sp³-hybridized carbons (Fsp3) is 0.182. The molecule has 1 N–H and O–H groups in total. The van der Waals surface area contributed by atoms with Gasteiger partial charge in [-0.3, -0.25) is 0 Å². The maximum atomic E-state index is 12.6. The van der Waals surface area contributed by atoms with Gasteiger partial charge in [0.2, 0.25) is 0 Å². The average molecular weight is 225 g/mol. The van der Waals surface area contributed by atoms with Crippen molar-refractivity contribution >= 4 is 16.9 Å². The minimum absolute atomic E-state index is 0.0921. The van der Waals surface area contributed by atoms with Gasteiger partial charge >= 0.3 is 5.97 Å². The molecule has 0 amide bonds. The monoisotopic (exact) mass is 225 g/mol. The second kappa shape index (κ2) is 3.59. The third-order valence-corrected chi connectivity index (χ3v) is 2.55. The van der Waals surface area contributed by atoms with Gasteiger partial charge in [0.25, 0.3) is 6.43 Å². The number of alkyl halides is 2. The van der Waals surface area contributed by atoms with Crippen LogP contribution in [-0.2, 0) is 7.05 Å². The number of aromatic nitrogens is 1. The zero-order chi connectivity index (χ0) is 11.9. The molecule has 84 valence electrons. The van der Waals surface area contributed by atoms with E-state index in [-0.39, 0.29) is 11.3 Å². The molecule has 3 nitrogen and oxygen atoms in total. The van der Waals surface area contributed by atoms with Crippen molar-refractivity contribution in [3.8, 4) is 0 Å². The SMILES string of the molecule is Cn1c(C(F)F)cc2ccc(C(=O)O)cc21. The van der Waals surface area contributed by atoms with E-state index in [2.05, 4.69) is 0 Å². The molecule has 0 saturated carbocycles. The summed E-state index contributed by atoms with van der Waals surface area (Å²) in [7, 11) is 1.50. The fourth-order valence-corrected chi connectivity index (χ4v) is 1.69. The van der Waals surface area contributed by atoms with Crippen LogP contribution < -0.4 is 0 Å². The van der Waals surface area contributed by atoms with Gasteiger partial charge in [-0.2, -0.15) is 0 Å². The van der Waals surface area contributed by atoms with Crippen molar-refractivity contribution in [2.24, 2.45) is 7.05 Å². The van der Waals surface area contributed by atoms with E-state index in [9.17, 15) is 13.6 Å². The van der Waals surface area contributed by atoms with Crippen molar-refractivity contribution in [2.45, 2.75) is 6.43 Å². The minimum Gasteiger partial charge on any atom is -0.478 e. The van der Waals surface area contributed by atoms with Crippen LogP contribution in [0.25, 0.3) is 10.9 Å². The molecular formula is C11H9F2NO2. The molecule has 2 aromatic rings. The van der Waals surface area contributed by atoms with Crippen LogP contribution in [0.1, 0.15) is 22.5 Å². The molecular weight excluding hydrogens is 216 g/mol. The van der Waals surface area contributed by atoms with Crippen molar-refractivity contribution in [3.63, 3.8) is 0 Å². The largest absolute Gasteiger partial charge is 0.478 e. The number of nitrogens with zero attached hydrogens (tertiary/aromatic N) is 1. The zero-order valence-electron chi connectivity index (χ0n) is 8.45. The lowest BCUT2D eigenvalue weighted by atomic mass is 10.1. The molecule has 16 heavy (non-hydrogen) atoms. The first-order chi connectivity index (χ1) is 7.50. The van der Waals surface area contributed by atoms with Gasteiger partial charge in [-0.05, 0) is 18.2 Å². The lowest BCUT2D eigenvalue weighted by molar-refractivity contribution is 0.0697. The molecule has 0 saturated heterocycles. The van der Waals surface area contributed by atoms with Gasteiger partial charge in [0.05, 0.1) is 11.3 Å². The Morgan fingerprint density at radius 3 is 2.62 bits per heavy atom. The number of carbonyl (C=O) groups is 1. The molecule has 2 rings (SSSR count). The Bertz CT molecular complexity index is 560. The quantitative estimate of drug-likeness (QED) is 0.853. The smallest absolute Gasteiger partial charge is 0.335 e. The van der Waals surface area contributed by atoms with Crippen LogP contribution >= 0.6 is 0 Å². The third kappa shape index (κ3) is 1.54. The Labute approximate surface area is 89.9 Å². The highest BCUT2D eigenvalue weighted by atomic mass is 19.3. The van der Waals surface area contributed by atoms with Crippen LogP contribution in [0.3, 0.4) is 0 Å². The summed E-state index contributed by atoms with van der Waals surface area (Å²) in [4.78, 5) is 10.7. The predicted molar refractivity (Wildman–Crippen MR) is 54.8 cm³/mol. The summed E-state index contributed by atoms with van der Waals surface area (Å²) in [6.07, 6.45) is -2.56. The summed E-state index contributed by atoms with van der Waals surface area (Å²) >= 11 is 0. The molecule has 1 aromatic heterocycles. The van der Waals surface area contributed by atoms with E-state index in [1.165, 1.54) is 35.9 Å². The van der Waals surface area contributed by atoms with E-state index in [0.29, 0.717) is 10.9 Å². The number of hydrogen-bond acceptors (Lipinski definition) is 1. The summed E-state index contributed by atoms with van der Waals surface area (Å²) in [5, 5.41) is 9.41. The van der Waals surface area contributed by atoms with Crippen LogP contribution in [0.5, 0.6) is 0 Å². The fourth-order valence-electron chi connectivity index (χ4n) is 1.69. The van der Waals surface area contributed by atoms with Gasteiger partial charge in [-0.1, -0.05) is 6.07 Å². The van der Waals surface area contributed by atoms with Gasteiger partial charge < -0.3 is 9.67 Å². The number of carboxylic acids is 1. The summed E-state index contributed by atoms with van der Waals surface area (Å²) < 4.78 is 26.5. The Balaban J connectivity index is 2.69. The summed E-state index contributed by atoms with van der Waals surface area (Å²) in [6.45, 7) is 0. The molecule has 0 fully saturated rings. The van der Waals surface area contributed by atoms with Crippen molar-refractivity contribution in [3.05, 3.63) is 35.5 Å². The molecule has 0 unspecified atom stereocenters. The number of aromatic carboxylic acids is 1. The Morgan fingerprint density at radius 1 is 1.38 bits per heavy atom. The molecule has 0 radical (unpaired) electrons. The normalized spacial score (nSPS) is 11.2. The van der Waals surface area contributed by atoms with Crippen LogP contribution in [0.4, 0.5) is 8.78 Å². The first-order valence-electron chi connectivity index (χ1n) is 4.61. The van der Waals surface area contributed by atoms with Gasteiger partial charge in [0.1, 0.15) is 0 Å². The van der Waals surface area contributed by atoms with E-state index in [1.807, 2.05) is 0 Å². The number of rotatable bonds is 2. The zero-order valence-corrected chi connectivity index (χ0v) is 8.45. The van der Waals surface area contributed by atoms with Crippen molar-refractivity contribution < 1.29 is 18.7 Å².